The number of aromatic nitrogens is 4. The number of phenols is 1. The Balaban J connectivity index is 1.77. The topological polar surface area (TPSA) is 118 Å². The van der Waals surface area contributed by atoms with E-state index in [4.69, 9.17) is 0 Å². The maximum atomic E-state index is 11.2. The molecule has 0 saturated carbocycles. The van der Waals surface area contributed by atoms with Crippen LogP contribution in [0.4, 0.5) is 5.69 Å². The molecule has 1 aromatic carbocycles. The predicted octanol–water partition coefficient (Wildman–Crippen LogP) is 3.78. The van der Waals surface area contributed by atoms with Gasteiger partial charge < -0.3 is 10.4 Å². The fourth-order valence-corrected chi connectivity index (χ4v) is 5.66. The average molecular weight is 424 g/mol. The molecule has 5 rings (SSSR count). The smallest absolute Gasteiger partial charge is 0.270 e. The van der Waals surface area contributed by atoms with Crippen LogP contribution in [0.2, 0.25) is 0 Å². The first kappa shape index (κ1) is 18.9. The van der Waals surface area contributed by atoms with E-state index in [1.54, 1.807) is 22.2 Å². The number of fused-ring (bicyclic) bond motifs is 5. The molecule has 9 nitrogen and oxygen atoms in total. The van der Waals surface area contributed by atoms with Crippen LogP contribution in [0.1, 0.15) is 38.1 Å². The Morgan fingerprint density at radius 2 is 2.07 bits per heavy atom. The second kappa shape index (κ2) is 5.96. The highest BCUT2D eigenvalue weighted by Crippen LogP contribution is 2.44. The Morgan fingerprint density at radius 1 is 1.30 bits per heavy atom. The third-order valence-electron chi connectivity index (χ3n) is 5.40. The van der Waals surface area contributed by atoms with Crippen LogP contribution < -0.4 is 5.32 Å². The molecule has 4 heterocycles. The minimum Gasteiger partial charge on any atom is -0.507 e. The lowest BCUT2D eigenvalue weighted by molar-refractivity contribution is -0.384. The zero-order valence-electron chi connectivity index (χ0n) is 16.9. The quantitative estimate of drug-likeness (QED) is 0.371. The molecule has 0 atom stereocenters. The van der Waals surface area contributed by atoms with Gasteiger partial charge in [0.15, 0.2) is 11.5 Å². The van der Waals surface area contributed by atoms with Gasteiger partial charge in [0.05, 0.1) is 15.9 Å². The maximum Gasteiger partial charge on any atom is 0.270 e. The number of hydrogen-bond donors (Lipinski definition) is 2. The van der Waals surface area contributed by atoms with Gasteiger partial charge in [-0.05, 0) is 45.7 Å². The van der Waals surface area contributed by atoms with E-state index in [1.165, 1.54) is 28.6 Å². The molecule has 1 aliphatic rings. The first-order chi connectivity index (χ1) is 14.1. The molecule has 10 heteroatoms. The van der Waals surface area contributed by atoms with E-state index in [0.29, 0.717) is 5.65 Å². The number of nitrogens with zero attached hydrogens (tertiary/aromatic N) is 5. The van der Waals surface area contributed by atoms with Gasteiger partial charge in [-0.2, -0.15) is 0 Å². The number of thiophene rings is 1. The Hall–Kier alpha value is -3.11. The SMILES string of the molecule is CC1(C)Cc2c(sc3ncn4nc(-c5cc([N+](=O)[O-])ccc5O)nc4c23)C(C)(C)N1. The van der Waals surface area contributed by atoms with E-state index in [1.807, 2.05) is 0 Å². The minimum atomic E-state index is -0.509. The molecule has 1 aliphatic heterocycles. The van der Waals surface area contributed by atoms with E-state index in [9.17, 15) is 15.2 Å². The molecular formula is C20H20N6O3S. The molecule has 2 N–H and O–H groups in total. The van der Waals surface area contributed by atoms with Crippen LogP contribution >= 0.6 is 11.3 Å². The molecule has 0 aliphatic carbocycles. The van der Waals surface area contributed by atoms with Gasteiger partial charge in [0.2, 0.25) is 0 Å². The van der Waals surface area contributed by atoms with Crippen molar-refractivity contribution in [3.63, 3.8) is 0 Å². The molecule has 0 spiro atoms. The monoisotopic (exact) mass is 424 g/mol. The molecule has 0 saturated heterocycles. The number of hydrogen-bond acceptors (Lipinski definition) is 8. The molecule has 0 fully saturated rings. The van der Waals surface area contributed by atoms with Crippen molar-refractivity contribution >= 4 is 32.9 Å². The molecule has 0 radical (unpaired) electrons. The largest absolute Gasteiger partial charge is 0.507 e. The third-order valence-corrected chi connectivity index (χ3v) is 6.86. The average Bonchev–Trinajstić information content (AvgIpc) is 3.21. The van der Waals surface area contributed by atoms with Crippen LogP contribution in [0.3, 0.4) is 0 Å². The molecular weight excluding hydrogens is 404 g/mol. The van der Waals surface area contributed by atoms with Crippen molar-refractivity contribution in [2.24, 2.45) is 0 Å². The van der Waals surface area contributed by atoms with Crippen LogP contribution in [-0.4, -0.2) is 35.2 Å². The summed E-state index contributed by atoms with van der Waals surface area (Å²) >= 11 is 1.64. The number of nitrogens with one attached hydrogen (secondary N) is 1. The summed E-state index contributed by atoms with van der Waals surface area (Å²) in [6, 6.07) is 3.82. The zero-order valence-corrected chi connectivity index (χ0v) is 17.7. The predicted molar refractivity (Wildman–Crippen MR) is 114 cm³/mol. The summed E-state index contributed by atoms with van der Waals surface area (Å²) in [5, 5.41) is 30.5. The minimum absolute atomic E-state index is 0.0987. The lowest BCUT2D eigenvalue weighted by atomic mass is 9.82. The highest BCUT2D eigenvalue weighted by Gasteiger charge is 2.40. The van der Waals surface area contributed by atoms with Gasteiger partial charge in [0, 0.05) is 28.1 Å². The number of nitro groups is 1. The summed E-state index contributed by atoms with van der Waals surface area (Å²) in [6.07, 6.45) is 2.41. The second-order valence-electron chi connectivity index (χ2n) is 8.81. The van der Waals surface area contributed by atoms with Crippen molar-refractivity contribution in [1.29, 1.82) is 0 Å². The number of rotatable bonds is 2. The van der Waals surface area contributed by atoms with Crippen molar-refractivity contribution in [3.8, 4) is 17.1 Å². The molecule has 0 unspecified atom stereocenters. The molecule has 154 valence electrons. The van der Waals surface area contributed by atoms with Gasteiger partial charge in [0.25, 0.3) is 5.69 Å². The lowest BCUT2D eigenvalue weighted by Crippen LogP contribution is -2.54. The summed E-state index contributed by atoms with van der Waals surface area (Å²) in [5.41, 5.74) is 1.61. The lowest BCUT2D eigenvalue weighted by Gasteiger charge is -2.42. The number of benzene rings is 1. The number of phenolic OH excluding ortho intramolecular Hbond substituents is 1. The van der Waals surface area contributed by atoms with Gasteiger partial charge in [-0.25, -0.2) is 14.5 Å². The Kier molecular flexibility index (Phi) is 3.75. The van der Waals surface area contributed by atoms with Crippen LogP contribution in [0.15, 0.2) is 24.5 Å². The summed E-state index contributed by atoms with van der Waals surface area (Å²) in [6.45, 7) is 8.67. The van der Waals surface area contributed by atoms with Gasteiger partial charge >= 0.3 is 0 Å². The highest BCUT2D eigenvalue weighted by molar-refractivity contribution is 7.19. The van der Waals surface area contributed by atoms with Gasteiger partial charge in [-0.3, -0.25) is 10.1 Å². The molecule has 0 bridgehead atoms. The van der Waals surface area contributed by atoms with Crippen LogP contribution in [0.25, 0.3) is 27.3 Å². The van der Waals surface area contributed by atoms with Crippen molar-refractivity contribution < 1.29 is 10.0 Å². The molecule has 0 amide bonds. The van der Waals surface area contributed by atoms with E-state index < -0.39 is 4.92 Å². The van der Waals surface area contributed by atoms with Crippen LogP contribution in [0, 0.1) is 10.1 Å². The maximum absolute atomic E-state index is 11.2. The molecule has 3 aromatic heterocycles. The number of non-ortho nitro benzene ring substituents is 1. The van der Waals surface area contributed by atoms with E-state index in [2.05, 4.69) is 48.1 Å². The van der Waals surface area contributed by atoms with Crippen LogP contribution in [-0.2, 0) is 12.0 Å². The summed E-state index contributed by atoms with van der Waals surface area (Å²) in [4.78, 5) is 22.0. The summed E-state index contributed by atoms with van der Waals surface area (Å²) in [5.74, 6) is 0.109. The number of nitro benzene ring substituents is 1. The molecule has 4 aromatic rings. The standard InChI is InChI=1S/C20H20N6O3S/c1-19(2)8-12-14-17-22-16(11-7-10(26(28)29)5-6-13(11)27)23-25(17)9-21-18(14)30-15(12)20(3,4)24-19/h5-7,9,24,27H,8H2,1-4H3. The normalized spacial score (nSPS) is 17.3. The first-order valence-electron chi connectivity index (χ1n) is 9.50. The Morgan fingerprint density at radius 3 is 2.80 bits per heavy atom. The van der Waals surface area contributed by atoms with Crippen molar-refractivity contribution in [2.75, 3.05) is 0 Å². The fourth-order valence-electron chi connectivity index (χ4n) is 4.45. The van der Waals surface area contributed by atoms with Gasteiger partial charge in [0.1, 0.15) is 16.9 Å². The Bertz CT molecular complexity index is 1350. The van der Waals surface area contributed by atoms with E-state index in [-0.39, 0.29) is 33.9 Å². The van der Waals surface area contributed by atoms with E-state index in [0.717, 1.165) is 16.6 Å². The zero-order chi connectivity index (χ0) is 21.4. The van der Waals surface area contributed by atoms with Crippen molar-refractivity contribution in [3.05, 3.63) is 45.1 Å². The first-order valence-corrected chi connectivity index (χ1v) is 10.3. The van der Waals surface area contributed by atoms with Crippen LogP contribution in [0.5, 0.6) is 5.75 Å². The van der Waals surface area contributed by atoms with E-state index >= 15 is 0 Å². The van der Waals surface area contributed by atoms with Crippen molar-refractivity contribution in [2.45, 2.75) is 45.2 Å². The fraction of sp³-hybridized carbons (Fsp3) is 0.350. The van der Waals surface area contributed by atoms with Gasteiger partial charge in [-0.1, -0.05) is 0 Å². The Labute approximate surface area is 175 Å². The van der Waals surface area contributed by atoms with Gasteiger partial charge in [-0.15, -0.1) is 16.4 Å². The second-order valence-corrected chi connectivity index (χ2v) is 9.81. The summed E-state index contributed by atoms with van der Waals surface area (Å²) < 4.78 is 1.57. The highest BCUT2D eigenvalue weighted by atomic mass is 32.1. The third kappa shape index (κ3) is 2.75. The molecule has 30 heavy (non-hydrogen) atoms. The van der Waals surface area contributed by atoms with Crippen molar-refractivity contribution in [1.82, 2.24) is 24.9 Å². The summed E-state index contributed by atoms with van der Waals surface area (Å²) in [7, 11) is 0. The number of aromatic hydroxyl groups is 1.